The largest absolute Gasteiger partial charge is 0.433 e. The summed E-state index contributed by atoms with van der Waals surface area (Å²) in [5.74, 6) is -0.401. The molecule has 0 atom stereocenters. The predicted molar refractivity (Wildman–Crippen MR) is 55.5 cm³/mol. The van der Waals surface area contributed by atoms with Gasteiger partial charge in [0.05, 0.1) is 10.0 Å². The van der Waals surface area contributed by atoms with Crippen LogP contribution in [0, 0.1) is 6.92 Å². The first-order chi connectivity index (χ1) is 6.93. The van der Waals surface area contributed by atoms with E-state index in [1.54, 1.807) is 19.1 Å². The lowest BCUT2D eigenvalue weighted by molar-refractivity contribution is -0.0506. The Balaban J connectivity index is 3.31. The normalized spacial score (nSPS) is 10.5. The Bertz CT molecular complexity index is 391. The number of Topliss-reactive ketones (excluding diaryl/α,β-unsaturated/α-hetero) is 1. The standard InChI is InChI=1S/C10H9BrF2O2/c1-5-3-4-7(11)9(15-10(12)13)8(5)6(2)14/h3-4,10H,1-2H3. The number of carbonyl (C=O) groups is 1. The highest BCUT2D eigenvalue weighted by Gasteiger charge is 2.18. The van der Waals surface area contributed by atoms with Gasteiger partial charge in [-0.05, 0) is 41.4 Å². The molecule has 1 aromatic carbocycles. The summed E-state index contributed by atoms with van der Waals surface area (Å²) in [7, 11) is 0. The summed E-state index contributed by atoms with van der Waals surface area (Å²) in [5.41, 5.74) is 0.797. The molecule has 0 aromatic heterocycles. The molecular weight excluding hydrogens is 270 g/mol. The molecule has 0 heterocycles. The van der Waals surface area contributed by atoms with Gasteiger partial charge in [0.25, 0.3) is 0 Å². The zero-order valence-corrected chi connectivity index (χ0v) is 9.77. The molecule has 1 rings (SSSR count). The van der Waals surface area contributed by atoms with E-state index in [0.29, 0.717) is 10.0 Å². The molecule has 1 aromatic rings. The minimum Gasteiger partial charge on any atom is -0.433 e. The second-order valence-electron chi connectivity index (χ2n) is 3.00. The molecule has 0 saturated carbocycles. The van der Waals surface area contributed by atoms with Crippen molar-refractivity contribution < 1.29 is 18.3 Å². The first kappa shape index (κ1) is 12.1. The highest BCUT2D eigenvalue weighted by atomic mass is 79.9. The fourth-order valence-electron chi connectivity index (χ4n) is 1.30. The predicted octanol–water partition coefficient (Wildman–Crippen LogP) is 3.56. The zero-order chi connectivity index (χ0) is 11.6. The summed E-state index contributed by atoms with van der Waals surface area (Å²) in [5, 5.41) is 0. The molecule has 0 amide bonds. The van der Waals surface area contributed by atoms with Gasteiger partial charge in [-0.1, -0.05) is 6.07 Å². The van der Waals surface area contributed by atoms with Crippen LogP contribution in [0.1, 0.15) is 22.8 Å². The van der Waals surface area contributed by atoms with E-state index < -0.39 is 6.61 Å². The maximum Gasteiger partial charge on any atom is 0.387 e. The molecule has 0 aliphatic carbocycles. The summed E-state index contributed by atoms with van der Waals surface area (Å²) >= 11 is 3.07. The molecule has 5 heteroatoms. The Morgan fingerprint density at radius 3 is 2.53 bits per heavy atom. The third-order valence-electron chi connectivity index (χ3n) is 1.88. The summed E-state index contributed by atoms with van der Waals surface area (Å²) in [6.45, 7) is 0.0374. The topological polar surface area (TPSA) is 26.3 Å². The van der Waals surface area contributed by atoms with Gasteiger partial charge in [0, 0.05) is 0 Å². The van der Waals surface area contributed by atoms with Crippen molar-refractivity contribution in [1.82, 2.24) is 0 Å². The average Bonchev–Trinajstić information content (AvgIpc) is 2.10. The van der Waals surface area contributed by atoms with Crippen molar-refractivity contribution in [2.45, 2.75) is 20.5 Å². The van der Waals surface area contributed by atoms with E-state index >= 15 is 0 Å². The molecule has 15 heavy (non-hydrogen) atoms. The quantitative estimate of drug-likeness (QED) is 0.791. The number of hydrogen-bond acceptors (Lipinski definition) is 2. The number of halogens is 3. The van der Waals surface area contributed by atoms with Gasteiger partial charge < -0.3 is 4.74 Å². The van der Waals surface area contributed by atoms with E-state index in [2.05, 4.69) is 20.7 Å². The number of carbonyl (C=O) groups excluding carboxylic acids is 1. The van der Waals surface area contributed by atoms with Crippen molar-refractivity contribution in [3.8, 4) is 5.75 Å². The summed E-state index contributed by atoms with van der Waals surface area (Å²) in [6.07, 6.45) is 0. The van der Waals surface area contributed by atoms with Crippen molar-refractivity contribution in [3.63, 3.8) is 0 Å². The molecule has 0 aliphatic rings. The van der Waals surface area contributed by atoms with Crippen molar-refractivity contribution in [2.24, 2.45) is 0 Å². The first-order valence-electron chi connectivity index (χ1n) is 4.18. The molecule has 0 unspecified atom stereocenters. The maximum atomic E-state index is 12.1. The smallest absolute Gasteiger partial charge is 0.387 e. The molecule has 0 spiro atoms. The van der Waals surface area contributed by atoms with Crippen LogP contribution in [-0.4, -0.2) is 12.4 Å². The average molecular weight is 279 g/mol. The van der Waals surface area contributed by atoms with Gasteiger partial charge in [0.2, 0.25) is 0 Å². The molecule has 0 saturated heterocycles. The van der Waals surface area contributed by atoms with Crippen molar-refractivity contribution in [3.05, 3.63) is 27.7 Å². The van der Waals surface area contributed by atoms with E-state index in [4.69, 9.17) is 0 Å². The lowest BCUT2D eigenvalue weighted by Crippen LogP contribution is -2.08. The second kappa shape index (κ2) is 4.70. The van der Waals surface area contributed by atoms with Gasteiger partial charge in [-0.3, -0.25) is 4.79 Å². The zero-order valence-electron chi connectivity index (χ0n) is 8.18. The molecular formula is C10H9BrF2O2. The van der Waals surface area contributed by atoms with E-state index in [1.165, 1.54) is 6.92 Å². The summed E-state index contributed by atoms with van der Waals surface area (Å²) < 4.78 is 28.9. The number of rotatable bonds is 3. The molecule has 82 valence electrons. The van der Waals surface area contributed by atoms with Crippen LogP contribution in [0.4, 0.5) is 8.78 Å². The number of benzene rings is 1. The number of aryl methyl sites for hydroxylation is 1. The van der Waals surface area contributed by atoms with Gasteiger partial charge in [-0.15, -0.1) is 0 Å². The summed E-state index contributed by atoms with van der Waals surface area (Å²) in [4.78, 5) is 11.3. The van der Waals surface area contributed by atoms with Crippen LogP contribution in [-0.2, 0) is 0 Å². The summed E-state index contributed by atoms with van der Waals surface area (Å²) in [6, 6.07) is 3.23. The van der Waals surface area contributed by atoms with E-state index in [-0.39, 0.29) is 17.1 Å². The third kappa shape index (κ3) is 2.75. The Hall–Kier alpha value is -0.970. The molecule has 0 bridgehead atoms. The second-order valence-corrected chi connectivity index (χ2v) is 3.86. The third-order valence-corrected chi connectivity index (χ3v) is 2.50. The fraction of sp³-hybridized carbons (Fsp3) is 0.300. The molecule has 0 fully saturated rings. The van der Waals surface area contributed by atoms with E-state index in [1.807, 2.05) is 0 Å². The number of alkyl halides is 2. The SMILES string of the molecule is CC(=O)c1c(C)ccc(Br)c1OC(F)F. The molecule has 0 radical (unpaired) electrons. The van der Waals surface area contributed by atoms with Crippen LogP contribution in [0.25, 0.3) is 0 Å². The van der Waals surface area contributed by atoms with E-state index in [0.717, 1.165) is 0 Å². The van der Waals surface area contributed by atoms with Crippen LogP contribution in [0.15, 0.2) is 16.6 Å². The minimum absolute atomic E-state index is 0.0995. The Morgan fingerprint density at radius 1 is 1.47 bits per heavy atom. The highest BCUT2D eigenvalue weighted by Crippen LogP contribution is 2.33. The van der Waals surface area contributed by atoms with Gasteiger partial charge in [-0.25, -0.2) is 0 Å². The van der Waals surface area contributed by atoms with Gasteiger partial charge >= 0.3 is 6.61 Å². The molecule has 2 nitrogen and oxygen atoms in total. The van der Waals surface area contributed by atoms with Gasteiger partial charge in [0.15, 0.2) is 11.5 Å². The van der Waals surface area contributed by atoms with Crippen LogP contribution in [0.2, 0.25) is 0 Å². The molecule has 0 aliphatic heterocycles. The van der Waals surface area contributed by atoms with E-state index in [9.17, 15) is 13.6 Å². The van der Waals surface area contributed by atoms with Crippen molar-refractivity contribution in [1.29, 1.82) is 0 Å². The highest BCUT2D eigenvalue weighted by molar-refractivity contribution is 9.10. The van der Waals surface area contributed by atoms with Crippen LogP contribution in [0.5, 0.6) is 5.75 Å². The minimum atomic E-state index is -2.94. The Morgan fingerprint density at radius 2 is 2.07 bits per heavy atom. The Labute approximate surface area is 94.4 Å². The lowest BCUT2D eigenvalue weighted by atomic mass is 10.0. The van der Waals surface area contributed by atoms with Crippen molar-refractivity contribution in [2.75, 3.05) is 0 Å². The van der Waals surface area contributed by atoms with Crippen LogP contribution in [0.3, 0.4) is 0 Å². The van der Waals surface area contributed by atoms with Crippen LogP contribution >= 0.6 is 15.9 Å². The monoisotopic (exact) mass is 278 g/mol. The maximum absolute atomic E-state index is 12.1. The first-order valence-corrected chi connectivity index (χ1v) is 4.97. The van der Waals surface area contributed by atoms with Gasteiger partial charge in [0.1, 0.15) is 0 Å². The Kier molecular flexibility index (Phi) is 3.79. The van der Waals surface area contributed by atoms with Gasteiger partial charge in [-0.2, -0.15) is 8.78 Å². The number of hydrogen-bond donors (Lipinski definition) is 0. The molecule has 0 N–H and O–H groups in total. The lowest BCUT2D eigenvalue weighted by Gasteiger charge is -2.12. The number of ether oxygens (including phenoxy) is 1. The number of ketones is 1. The van der Waals surface area contributed by atoms with Crippen molar-refractivity contribution >= 4 is 21.7 Å². The van der Waals surface area contributed by atoms with Crippen LogP contribution < -0.4 is 4.74 Å². The fourth-order valence-corrected chi connectivity index (χ4v) is 1.72.